The Bertz CT molecular complexity index is 170. The maximum absolute atomic E-state index is 12.1. The minimum Gasteiger partial charge on any atom is -0.382 e. The monoisotopic (exact) mass is 199 g/mol. The van der Waals surface area contributed by atoms with Crippen LogP contribution in [-0.4, -0.2) is 31.8 Å². The summed E-state index contributed by atoms with van der Waals surface area (Å²) in [6, 6.07) is -1.91. The van der Waals surface area contributed by atoms with E-state index in [1.807, 2.05) is 5.32 Å². The third-order valence-electron chi connectivity index (χ3n) is 1.38. The highest BCUT2D eigenvalue weighted by atomic mass is 19.4. The first-order valence-corrected chi connectivity index (χ1v) is 3.76. The van der Waals surface area contributed by atoms with Gasteiger partial charge in [0.2, 0.25) is 5.91 Å². The van der Waals surface area contributed by atoms with Crippen molar-refractivity contribution >= 4 is 5.91 Å². The molecule has 0 saturated carbocycles. The molecule has 6 heteroatoms. The molecule has 0 aromatic heterocycles. The summed E-state index contributed by atoms with van der Waals surface area (Å²) < 4.78 is 40.7. The molecule has 1 atom stereocenters. The van der Waals surface area contributed by atoms with Crippen LogP contribution in [0.2, 0.25) is 0 Å². The Morgan fingerprint density at radius 3 is 2.38 bits per heavy atom. The molecule has 0 heterocycles. The fraction of sp³-hybridized carbons (Fsp3) is 0.857. The number of nitrogens with one attached hydrogen (secondary N) is 1. The van der Waals surface area contributed by atoms with Crippen LogP contribution in [0.15, 0.2) is 0 Å². The third kappa shape index (κ3) is 4.72. The van der Waals surface area contributed by atoms with Crippen molar-refractivity contribution in [1.82, 2.24) is 5.32 Å². The summed E-state index contributed by atoms with van der Waals surface area (Å²) in [7, 11) is 1.15. The molecule has 0 radical (unpaired) electrons. The average Bonchev–Trinajstić information content (AvgIpc) is 2.01. The minimum atomic E-state index is -4.46. The van der Waals surface area contributed by atoms with Crippen molar-refractivity contribution < 1.29 is 22.7 Å². The average molecular weight is 199 g/mol. The summed E-state index contributed by atoms with van der Waals surface area (Å²) in [6.07, 6.45) is -4.43. The van der Waals surface area contributed by atoms with Crippen LogP contribution < -0.4 is 5.32 Å². The highest BCUT2D eigenvalue weighted by Crippen LogP contribution is 2.20. The summed E-state index contributed by atoms with van der Waals surface area (Å²) in [5, 5.41) is 1.82. The van der Waals surface area contributed by atoms with Crippen molar-refractivity contribution in [2.75, 3.05) is 13.7 Å². The van der Waals surface area contributed by atoms with Crippen LogP contribution >= 0.6 is 0 Å². The number of methoxy groups -OCH3 is 1. The van der Waals surface area contributed by atoms with Gasteiger partial charge >= 0.3 is 6.18 Å². The van der Waals surface area contributed by atoms with E-state index >= 15 is 0 Å². The highest BCUT2D eigenvalue weighted by molar-refractivity contribution is 5.75. The van der Waals surface area contributed by atoms with E-state index in [4.69, 9.17) is 0 Å². The maximum atomic E-state index is 12.1. The predicted octanol–water partition coefficient (Wildman–Crippen LogP) is 1.09. The Balaban J connectivity index is 4.18. The van der Waals surface area contributed by atoms with Crippen LogP contribution in [-0.2, 0) is 9.53 Å². The van der Waals surface area contributed by atoms with Gasteiger partial charge in [0.15, 0.2) is 0 Å². The summed E-state index contributed by atoms with van der Waals surface area (Å²) in [4.78, 5) is 10.7. The molecule has 0 saturated heterocycles. The van der Waals surface area contributed by atoms with Crippen LogP contribution in [0, 0.1) is 0 Å². The highest BCUT2D eigenvalue weighted by Gasteiger charge is 2.40. The van der Waals surface area contributed by atoms with Gasteiger partial charge in [0, 0.05) is 13.5 Å². The van der Waals surface area contributed by atoms with Gasteiger partial charge in [-0.25, -0.2) is 0 Å². The number of hydrogen-bond donors (Lipinski definition) is 1. The number of ether oxygens (including phenoxy) is 1. The van der Waals surface area contributed by atoms with Crippen molar-refractivity contribution in [2.45, 2.75) is 25.6 Å². The molecule has 0 aliphatic heterocycles. The van der Waals surface area contributed by atoms with Crippen molar-refractivity contribution in [3.63, 3.8) is 0 Å². The number of halogens is 3. The molecule has 1 N–H and O–H groups in total. The second-order valence-electron chi connectivity index (χ2n) is 2.47. The van der Waals surface area contributed by atoms with E-state index < -0.39 is 24.7 Å². The molecule has 1 unspecified atom stereocenters. The van der Waals surface area contributed by atoms with Crippen LogP contribution in [0.4, 0.5) is 13.2 Å². The largest absolute Gasteiger partial charge is 0.410 e. The number of amides is 1. The third-order valence-corrected chi connectivity index (χ3v) is 1.38. The lowest BCUT2D eigenvalue weighted by molar-refractivity contribution is -0.170. The first-order chi connectivity index (χ1) is 5.91. The molecule has 0 aliphatic carbocycles. The molecule has 0 aliphatic rings. The molecule has 3 nitrogen and oxygen atoms in total. The van der Waals surface area contributed by atoms with Crippen molar-refractivity contribution in [3.8, 4) is 0 Å². The minimum absolute atomic E-state index is 0.0241. The lowest BCUT2D eigenvalue weighted by Crippen LogP contribution is -2.48. The standard InChI is InChI=1S/C7H12F3NO2/c1-3-6(12)11-5(4-13-2)7(8,9)10/h5H,3-4H2,1-2H3,(H,11,12). The zero-order chi connectivity index (χ0) is 10.5. The van der Waals surface area contributed by atoms with Crippen LogP contribution in [0.5, 0.6) is 0 Å². The summed E-state index contributed by atoms with van der Waals surface area (Å²) >= 11 is 0. The fourth-order valence-electron chi connectivity index (χ4n) is 0.681. The molecule has 0 fully saturated rings. The molecule has 0 aromatic rings. The second kappa shape index (κ2) is 5.06. The van der Waals surface area contributed by atoms with Gasteiger partial charge in [0.1, 0.15) is 6.04 Å². The summed E-state index contributed by atoms with van der Waals surface area (Å²) in [6.45, 7) is 0.921. The first kappa shape index (κ1) is 12.2. The van der Waals surface area contributed by atoms with Gasteiger partial charge in [-0.1, -0.05) is 6.92 Å². The predicted molar refractivity (Wildman–Crippen MR) is 40.2 cm³/mol. The molecule has 0 spiro atoms. The van der Waals surface area contributed by atoms with E-state index in [1.165, 1.54) is 6.92 Å². The number of rotatable bonds is 4. The van der Waals surface area contributed by atoms with E-state index in [2.05, 4.69) is 4.74 Å². The van der Waals surface area contributed by atoms with Crippen molar-refractivity contribution in [3.05, 3.63) is 0 Å². The number of carbonyl (C=O) groups is 1. The normalized spacial score (nSPS) is 13.9. The Morgan fingerprint density at radius 1 is 1.54 bits per heavy atom. The molecular weight excluding hydrogens is 187 g/mol. The van der Waals surface area contributed by atoms with E-state index in [-0.39, 0.29) is 6.42 Å². The van der Waals surface area contributed by atoms with Crippen molar-refractivity contribution in [2.24, 2.45) is 0 Å². The molecule has 13 heavy (non-hydrogen) atoms. The van der Waals surface area contributed by atoms with E-state index in [0.29, 0.717) is 0 Å². The van der Waals surface area contributed by atoms with E-state index in [0.717, 1.165) is 7.11 Å². The summed E-state index contributed by atoms with van der Waals surface area (Å²) in [5.41, 5.74) is 0. The van der Waals surface area contributed by atoms with Gasteiger partial charge in [-0.15, -0.1) is 0 Å². The summed E-state index contributed by atoms with van der Waals surface area (Å²) in [5.74, 6) is -0.639. The quantitative estimate of drug-likeness (QED) is 0.736. The van der Waals surface area contributed by atoms with E-state index in [9.17, 15) is 18.0 Å². The zero-order valence-corrected chi connectivity index (χ0v) is 7.44. The van der Waals surface area contributed by atoms with Crippen molar-refractivity contribution in [1.29, 1.82) is 0 Å². The van der Waals surface area contributed by atoms with Crippen LogP contribution in [0.25, 0.3) is 0 Å². The number of hydrogen-bond acceptors (Lipinski definition) is 2. The zero-order valence-electron chi connectivity index (χ0n) is 7.44. The number of alkyl halides is 3. The maximum Gasteiger partial charge on any atom is 0.410 e. The van der Waals surface area contributed by atoms with Gasteiger partial charge in [-0.2, -0.15) is 13.2 Å². The molecule has 0 rings (SSSR count). The molecule has 0 bridgehead atoms. The van der Waals surface area contributed by atoms with Gasteiger partial charge in [0.25, 0.3) is 0 Å². The molecule has 78 valence electrons. The van der Waals surface area contributed by atoms with Crippen LogP contribution in [0.1, 0.15) is 13.3 Å². The second-order valence-corrected chi connectivity index (χ2v) is 2.47. The Hall–Kier alpha value is -0.780. The number of carbonyl (C=O) groups excluding carboxylic acids is 1. The van der Waals surface area contributed by atoms with Gasteiger partial charge < -0.3 is 10.1 Å². The Labute approximate surface area is 74.3 Å². The lowest BCUT2D eigenvalue weighted by Gasteiger charge is -2.20. The smallest absolute Gasteiger partial charge is 0.382 e. The Kier molecular flexibility index (Phi) is 4.76. The first-order valence-electron chi connectivity index (χ1n) is 3.76. The van der Waals surface area contributed by atoms with Gasteiger partial charge in [-0.05, 0) is 0 Å². The topological polar surface area (TPSA) is 38.3 Å². The van der Waals surface area contributed by atoms with E-state index in [1.54, 1.807) is 0 Å². The molecule has 0 aromatic carbocycles. The molecular formula is C7H12F3NO2. The lowest BCUT2D eigenvalue weighted by atomic mass is 10.3. The van der Waals surface area contributed by atoms with Crippen LogP contribution in [0.3, 0.4) is 0 Å². The SMILES string of the molecule is CCC(=O)NC(COC)C(F)(F)F. The van der Waals surface area contributed by atoms with Gasteiger partial charge in [-0.3, -0.25) is 4.79 Å². The molecule has 1 amide bonds. The fourth-order valence-corrected chi connectivity index (χ4v) is 0.681. The Morgan fingerprint density at radius 2 is 2.08 bits per heavy atom. The van der Waals surface area contributed by atoms with Gasteiger partial charge in [0.05, 0.1) is 6.61 Å².